The lowest BCUT2D eigenvalue weighted by atomic mass is 10.0. The molecule has 0 aliphatic rings. The molecular formula is C13H15BrFN3. The van der Waals surface area contributed by atoms with Gasteiger partial charge in [-0.3, -0.25) is 4.68 Å². The number of rotatable bonds is 4. The summed E-state index contributed by atoms with van der Waals surface area (Å²) in [7, 11) is 3.79. The molecule has 0 bridgehead atoms. The van der Waals surface area contributed by atoms with Crippen molar-refractivity contribution in [3.8, 4) is 0 Å². The Hall–Kier alpha value is -1.20. The van der Waals surface area contributed by atoms with Gasteiger partial charge < -0.3 is 5.32 Å². The molecule has 0 saturated carbocycles. The SMILES string of the molecule is CNC(Cc1ccc(F)cc1Br)c1ccn(C)n1. The van der Waals surface area contributed by atoms with Gasteiger partial charge in [0.15, 0.2) is 0 Å². The average molecular weight is 312 g/mol. The molecule has 0 radical (unpaired) electrons. The molecule has 1 heterocycles. The normalized spacial score (nSPS) is 12.7. The molecule has 3 nitrogen and oxygen atoms in total. The maximum Gasteiger partial charge on any atom is 0.124 e. The third-order valence-electron chi connectivity index (χ3n) is 2.88. The van der Waals surface area contributed by atoms with Crippen molar-refractivity contribution in [3.63, 3.8) is 0 Å². The molecule has 96 valence electrons. The first kappa shape index (κ1) is 13.2. The lowest BCUT2D eigenvalue weighted by Crippen LogP contribution is -2.19. The number of benzene rings is 1. The van der Waals surface area contributed by atoms with E-state index in [4.69, 9.17) is 0 Å². The molecule has 1 atom stereocenters. The predicted molar refractivity (Wildman–Crippen MR) is 72.8 cm³/mol. The van der Waals surface area contributed by atoms with Gasteiger partial charge in [0, 0.05) is 17.7 Å². The number of aromatic nitrogens is 2. The number of aryl methyl sites for hydroxylation is 1. The fourth-order valence-corrected chi connectivity index (χ4v) is 2.39. The highest BCUT2D eigenvalue weighted by Crippen LogP contribution is 2.23. The molecule has 2 aromatic rings. The zero-order valence-corrected chi connectivity index (χ0v) is 11.9. The van der Waals surface area contributed by atoms with Crippen molar-refractivity contribution in [2.45, 2.75) is 12.5 Å². The number of hydrogen-bond acceptors (Lipinski definition) is 2. The van der Waals surface area contributed by atoms with E-state index in [0.29, 0.717) is 0 Å². The molecule has 0 aliphatic carbocycles. The second-order valence-corrected chi connectivity index (χ2v) is 5.05. The number of nitrogens with zero attached hydrogens (tertiary/aromatic N) is 2. The van der Waals surface area contributed by atoms with Crippen molar-refractivity contribution in [1.29, 1.82) is 0 Å². The van der Waals surface area contributed by atoms with Crippen molar-refractivity contribution < 1.29 is 4.39 Å². The third kappa shape index (κ3) is 2.97. The Labute approximate surface area is 114 Å². The summed E-state index contributed by atoms with van der Waals surface area (Å²) in [5.74, 6) is -0.232. The first-order valence-corrected chi connectivity index (χ1v) is 6.50. The Kier molecular flexibility index (Phi) is 4.14. The predicted octanol–water partition coefficient (Wildman–Crippen LogP) is 2.82. The van der Waals surface area contributed by atoms with Crippen molar-refractivity contribution in [2.24, 2.45) is 7.05 Å². The topological polar surface area (TPSA) is 29.9 Å². The smallest absolute Gasteiger partial charge is 0.124 e. The summed E-state index contributed by atoms with van der Waals surface area (Å²) in [6, 6.07) is 6.87. The Morgan fingerprint density at radius 3 is 2.78 bits per heavy atom. The summed E-state index contributed by atoms with van der Waals surface area (Å²) >= 11 is 3.39. The molecule has 1 aromatic carbocycles. The van der Waals surface area contributed by atoms with Crippen LogP contribution >= 0.6 is 15.9 Å². The number of nitrogens with one attached hydrogen (secondary N) is 1. The number of halogens is 2. The minimum absolute atomic E-state index is 0.118. The van der Waals surface area contributed by atoms with Crippen molar-refractivity contribution in [2.75, 3.05) is 7.05 Å². The van der Waals surface area contributed by atoms with Crippen LogP contribution in [0.3, 0.4) is 0 Å². The Balaban J connectivity index is 2.20. The molecule has 0 fully saturated rings. The summed E-state index contributed by atoms with van der Waals surface area (Å²) < 4.78 is 15.6. The van der Waals surface area contributed by atoms with Gasteiger partial charge in [0.25, 0.3) is 0 Å². The maximum atomic E-state index is 13.0. The van der Waals surface area contributed by atoms with Gasteiger partial charge in [-0.1, -0.05) is 22.0 Å². The fraction of sp³-hybridized carbons (Fsp3) is 0.308. The van der Waals surface area contributed by atoms with Gasteiger partial charge >= 0.3 is 0 Å². The van der Waals surface area contributed by atoms with E-state index in [1.807, 2.05) is 26.4 Å². The van der Waals surface area contributed by atoms with Gasteiger partial charge in [-0.05, 0) is 37.2 Å². The lowest BCUT2D eigenvalue weighted by Gasteiger charge is -2.15. The third-order valence-corrected chi connectivity index (χ3v) is 3.62. The molecule has 5 heteroatoms. The molecule has 0 spiro atoms. The van der Waals surface area contributed by atoms with Gasteiger partial charge in [-0.2, -0.15) is 5.10 Å². The van der Waals surface area contributed by atoms with Crippen molar-refractivity contribution in [3.05, 3.63) is 52.0 Å². The fourth-order valence-electron chi connectivity index (χ4n) is 1.88. The van der Waals surface area contributed by atoms with Gasteiger partial charge in [0.05, 0.1) is 11.7 Å². The van der Waals surface area contributed by atoms with E-state index < -0.39 is 0 Å². The van der Waals surface area contributed by atoms with Crippen LogP contribution in [0.1, 0.15) is 17.3 Å². The lowest BCUT2D eigenvalue weighted by molar-refractivity contribution is 0.560. The minimum Gasteiger partial charge on any atom is -0.311 e. The van der Waals surface area contributed by atoms with Crippen LogP contribution in [0.2, 0.25) is 0 Å². The van der Waals surface area contributed by atoms with E-state index in [0.717, 1.165) is 22.2 Å². The highest BCUT2D eigenvalue weighted by atomic mass is 79.9. The van der Waals surface area contributed by atoms with Crippen LogP contribution in [-0.2, 0) is 13.5 Å². The molecule has 2 rings (SSSR count). The standard InChI is InChI=1S/C13H15BrFN3/c1-16-13(12-5-6-18(2)17-12)7-9-3-4-10(15)8-11(9)14/h3-6,8,13,16H,7H2,1-2H3. The van der Waals surface area contributed by atoms with E-state index in [9.17, 15) is 4.39 Å². The van der Waals surface area contributed by atoms with Crippen LogP contribution < -0.4 is 5.32 Å². The monoisotopic (exact) mass is 311 g/mol. The first-order chi connectivity index (χ1) is 8.60. The Bertz CT molecular complexity index is 539. The molecular weight excluding hydrogens is 297 g/mol. The summed E-state index contributed by atoms with van der Waals surface area (Å²) in [6.07, 6.45) is 2.67. The van der Waals surface area contributed by atoms with E-state index in [2.05, 4.69) is 26.3 Å². The van der Waals surface area contributed by atoms with E-state index in [-0.39, 0.29) is 11.9 Å². The molecule has 1 N–H and O–H groups in total. The minimum atomic E-state index is -0.232. The first-order valence-electron chi connectivity index (χ1n) is 5.71. The van der Waals surface area contributed by atoms with Crippen LogP contribution in [0.5, 0.6) is 0 Å². The highest BCUT2D eigenvalue weighted by molar-refractivity contribution is 9.10. The van der Waals surface area contributed by atoms with Crippen LogP contribution in [0.25, 0.3) is 0 Å². The zero-order valence-electron chi connectivity index (χ0n) is 10.3. The van der Waals surface area contributed by atoms with Crippen LogP contribution in [0, 0.1) is 5.82 Å². The Morgan fingerprint density at radius 1 is 1.44 bits per heavy atom. The molecule has 1 unspecified atom stereocenters. The summed E-state index contributed by atoms with van der Waals surface area (Å²) in [5, 5.41) is 7.62. The Morgan fingerprint density at radius 2 is 2.22 bits per heavy atom. The number of hydrogen-bond donors (Lipinski definition) is 1. The molecule has 0 saturated heterocycles. The van der Waals surface area contributed by atoms with E-state index in [1.54, 1.807) is 10.7 Å². The summed E-state index contributed by atoms with van der Waals surface area (Å²) in [5.41, 5.74) is 2.04. The summed E-state index contributed by atoms with van der Waals surface area (Å²) in [6.45, 7) is 0. The van der Waals surface area contributed by atoms with Crippen molar-refractivity contribution in [1.82, 2.24) is 15.1 Å². The van der Waals surface area contributed by atoms with Crippen LogP contribution in [0.15, 0.2) is 34.9 Å². The molecule has 0 aliphatic heterocycles. The quantitative estimate of drug-likeness (QED) is 0.941. The molecule has 18 heavy (non-hydrogen) atoms. The molecule has 1 aromatic heterocycles. The van der Waals surface area contributed by atoms with Gasteiger partial charge in [-0.15, -0.1) is 0 Å². The van der Waals surface area contributed by atoms with E-state index in [1.165, 1.54) is 12.1 Å². The van der Waals surface area contributed by atoms with Crippen molar-refractivity contribution >= 4 is 15.9 Å². The van der Waals surface area contributed by atoms with Crippen LogP contribution in [-0.4, -0.2) is 16.8 Å². The maximum absolute atomic E-state index is 13.0. The zero-order chi connectivity index (χ0) is 13.1. The largest absolute Gasteiger partial charge is 0.311 e. The van der Waals surface area contributed by atoms with Gasteiger partial charge in [-0.25, -0.2) is 4.39 Å². The second-order valence-electron chi connectivity index (χ2n) is 4.20. The highest BCUT2D eigenvalue weighted by Gasteiger charge is 2.14. The van der Waals surface area contributed by atoms with Crippen LogP contribution in [0.4, 0.5) is 4.39 Å². The summed E-state index contributed by atoms with van der Waals surface area (Å²) in [4.78, 5) is 0. The molecule has 0 amide bonds. The van der Waals surface area contributed by atoms with E-state index >= 15 is 0 Å². The van der Waals surface area contributed by atoms with Gasteiger partial charge in [0.2, 0.25) is 0 Å². The second kappa shape index (κ2) is 5.63. The van der Waals surface area contributed by atoms with Gasteiger partial charge in [0.1, 0.15) is 5.82 Å². The average Bonchev–Trinajstić information content (AvgIpc) is 2.75. The number of likely N-dealkylation sites (N-methyl/N-ethyl adjacent to an activating group) is 1.